The van der Waals surface area contributed by atoms with Crippen molar-refractivity contribution in [1.82, 2.24) is 4.90 Å². The zero-order chi connectivity index (χ0) is 22.0. The highest BCUT2D eigenvalue weighted by molar-refractivity contribution is 6.10. The molecule has 3 amide bonds. The van der Waals surface area contributed by atoms with Gasteiger partial charge >= 0.3 is 0 Å². The minimum Gasteiger partial charge on any atom is -0.324 e. The number of amides is 3. The summed E-state index contributed by atoms with van der Waals surface area (Å²) in [4.78, 5) is 42.0. The van der Waals surface area contributed by atoms with Crippen molar-refractivity contribution in [3.63, 3.8) is 0 Å². The minimum absolute atomic E-state index is 0.147. The van der Waals surface area contributed by atoms with Gasteiger partial charge in [0.15, 0.2) is 0 Å². The fourth-order valence-electron chi connectivity index (χ4n) is 6.29. The van der Waals surface area contributed by atoms with Crippen molar-refractivity contribution in [2.24, 2.45) is 35.5 Å². The number of allylic oxidation sites excluding steroid dienone is 2. The molecule has 1 aliphatic heterocycles. The molecule has 5 heteroatoms. The molecule has 1 saturated heterocycles. The number of hydrogen-bond donors (Lipinski definition) is 1. The summed E-state index contributed by atoms with van der Waals surface area (Å²) in [6.07, 6.45) is 5.75. The summed E-state index contributed by atoms with van der Waals surface area (Å²) in [7, 11) is 0. The lowest BCUT2D eigenvalue weighted by molar-refractivity contribution is -0.146. The van der Waals surface area contributed by atoms with Crippen molar-refractivity contribution < 1.29 is 14.4 Å². The van der Waals surface area contributed by atoms with Crippen LogP contribution in [0.4, 0.5) is 5.69 Å². The molecule has 162 valence electrons. The number of nitrogens with one attached hydrogen (secondary N) is 1. The molecular weight excluding hydrogens is 400 g/mol. The number of carbonyl (C=O) groups excluding carboxylic acids is 3. The summed E-state index contributed by atoms with van der Waals surface area (Å²) in [5.41, 5.74) is 2.69. The third-order valence-corrected chi connectivity index (χ3v) is 7.90. The van der Waals surface area contributed by atoms with Gasteiger partial charge in [-0.2, -0.15) is 0 Å². The lowest BCUT2D eigenvalue weighted by Gasteiger charge is -2.37. The van der Waals surface area contributed by atoms with E-state index in [-0.39, 0.29) is 41.4 Å². The van der Waals surface area contributed by atoms with Gasteiger partial charge in [0.05, 0.1) is 11.8 Å². The molecule has 0 spiro atoms. The maximum Gasteiger partial charge on any atom is 0.248 e. The summed E-state index contributed by atoms with van der Waals surface area (Å²) in [6, 6.07) is 16.3. The van der Waals surface area contributed by atoms with E-state index >= 15 is 0 Å². The maximum atomic E-state index is 13.6. The number of imide groups is 1. The molecule has 2 aromatic rings. The number of benzene rings is 2. The van der Waals surface area contributed by atoms with Crippen molar-refractivity contribution in [1.29, 1.82) is 0 Å². The Morgan fingerprint density at radius 3 is 2.12 bits per heavy atom. The highest BCUT2D eigenvalue weighted by Crippen LogP contribution is 2.65. The van der Waals surface area contributed by atoms with Gasteiger partial charge in [-0.25, -0.2) is 0 Å². The largest absolute Gasteiger partial charge is 0.324 e. The number of likely N-dealkylation sites (tertiary alicyclic amines) is 1. The minimum atomic E-state index is -0.861. The first-order valence-corrected chi connectivity index (χ1v) is 11.5. The van der Waals surface area contributed by atoms with Crippen LogP contribution in [0.15, 0.2) is 66.7 Å². The van der Waals surface area contributed by atoms with Gasteiger partial charge in [0.2, 0.25) is 17.7 Å². The molecule has 2 bridgehead atoms. The Bertz CT molecular complexity index is 1090. The van der Waals surface area contributed by atoms with Crippen LogP contribution in [0.2, 0.25) is 0 Å². The van der Waals surface area contributed by atoms with Gasteiger partial charge in [-0.15, -0.1) is 0 Å². The number of aryl methyl sites for hydroxylation is 1. The number of anilines is 1. The summed E-state index contributed by atoms with van der Waals surface area (Å²) < 4.78 is 0. The van der Waals surface area contributed by atoms with E-state index in [1.807, 2.05) is 61.5 Å². The third-order valence-electron chi connectivity index (χ3n) is 7.90. The predicted octanol–water partition coefficient (Wildman–Crippen LogP) is 3.60. The molecule has 7 atom stereocenters. The highest BCUT2D eigenvalue weighted by Gasteiger charge is 2.67. The molecule has 3 fully saturated rings. The smallest absolute Gasteiger partial charge is 0.248 e. The van der Waals surface area contributed by atoms with Crippen molar-refractivity contribution >= 4 is 23.4 Å². The quantitative estimate of drug-likeness (QED) is 0.587. The topological polar surface area (TPSA) is 66.5 Å². The zero-order valence-corrected chi connectivity index (χ0v) is 18.0. The van der Waals surface area contributed by atoms with Crippen molar-refractivity contribution in [3.8, 4) is 0 Å². The van der Waals surface area contributed by atoms with E-state index < -0.39 is 6.04 Å². The van der Waals surface area contributed by atoms with E-state index in [1.165, 1.54) is 4.90 Å². The number of carbonyl (C=O) groups is 3. The number of hydrogen-bond acceptors (Lipinski definition) is 3. The molecule has 5 nitrogen and oxygen atoms in total. The molecule has 32 heavy (non-hydrogen) atoms. The van der Waals surface area contributed by atoms with Crippen LogP contribution in [-0.4, -0.2) is 28.7 Å². The summed E-state index contributed by atoms with van der Waals surface area (Å²) >= 11 is 0. The molecule has 0 radical (unpaired) electrons. The van der Waals surface area contributed by atoms with E-state index in [0.717, 1.165) is 17.5 Å². The fraction of sp³-hybridized carbons (Fsp3) is 0.370. The summed E-state index contributed by atoms with van der Waals surface area (Å²) in [6.45, 7) is 1.99. The van der Waals surface area contributed by atoms with Crippen LogP contribution in [0, 0.1) is 42.4 Å². The van der Waals surface area contributed by atoms with E-state index in [9.17, 15) is 14.4 Å². The molecule has 4 aliphatic carbocycles. The van der Waals surface area contributed by atoms with Gasteiger partial charge < -0.3 is 5.32 Å². The summed E-state index contributed by atoms with van der Waals surface area (Å²) in [5, 5.41) is 2.94. The number of nitrogens with zero attached hydrogens (tertiary/aromatic N) is 1. The standard InChI is InChI=1S/C27H26N2O3/c1-15-7-9-17(10-8-15)28-25(30)22(13-16-5-3-2-4-6-16)29-26(31)23-18-11-12-19(21-14-20(18)21)24(23)27(29)32/h2-12,18-24H,13-14H2,1H3,(H,28,30)/t18-,19-,20-,21-,22-,23-,24+/m0/s1. The average molecular weight is 427 g/mol. The molecule has 7 rings (SSSR count). The first-order valence-electron chi connectivity index (χ1n) is 11.5. The van der Waals surface area contributed by atoms with Gasteiger partial charge in [-0.1, -0.05) is 60.2 Å². The van der Waals surface area contributed by atoms with Crippen LogP contribution in [0.25, 0.3) is 0 Å². The molecule has 5 aliphatic rings. The molecule has 2 aromatic carbocycles. The Labute approximate surface area is 187 Å². The Balaban J connectivity index is 1.33. The SMILES string of the molecule is Cc1ccc(NC(=O)[C@H](Cc2ccccc2)N2C(=O)[C@@H]3[C@H]4C=C[C@@H]([C@@H]5C[C@@H]45)[C@@H]3C2=O)cc1. The van der Waals surface area contributed by atoms with E-state index in [1.54, 1.807) is 0 Å². The molecule has 0 unspecified atom stereocenters. The van der Waals surface area contributed by atoms with Crippen molar-refractivity contribution in [2.75, 3.05) is 5.32 Å². The highest BCUT2D eigenvalue weighted by atomic mass is 16.2. The molecule has 2 saturated carbocycles. The van der Waals surface area contributed by atoms with Crippen molar-refractivity contribution in [3.05, 3.63) is 77.9 Å². The first kappa shape index (κ1) is 19.5. The molecule has 0 aromatic heterocycles. The van der Waals surface area contributed by atoms with Gasteiger partial charge in [0.1, 0.15) is 6.04 Å². The zero-order valence-electron chi connectivity index (χ0n) is 18.0. The Kier molecular flexibility index (Phi) is 4.36. The fourth-order valence-corrected chi connectivity index (χ4v) is 6.29. The van der Waals surface area contributed by atoms with Gasteiger partial charge in [-0.3, -0.25) is 19.3 Å². The van der Waals surface area contributed by atoms with E-state index in [2.05, 4.69) is 17.5 Å². The summed E-state index contributed by atoms with van der Waals surface area (Å²) in [5.74, 6) is 0.132. The lowest BCUT2D eigenvalue weighted by Crippen LogP contribution is -2.49. The monoisotopic (exact) mass is 426 g/mol. The van der Waals surface area contributed by atoms with Crippen LogP contribution >= 0.6 is 0 Å². The second-order valence-corrected chi connectivity index (χ2v) is 9.76. The van der Waals surface area contributed by atoms with E-state index in [0.29, 0.717) is 23.9 Å². The lowest BCUT2D eigenvalue weighted by atomic mass is 9.63. The second-order valence-electron chi connectivity index (χ2n) is 9.76. The molecule has 1 N–H and O–H groups in total. The van der Waals surface area contributed by atoms with Crippen LogP contribution in [0.3, 0.4) is 0 Å². The van der Waals surface area contributed by atoms with Crippen LogP contribution in [0.1, 0.15) is 17.5 Å². The predicted molar refractivity (Wildman–Crippen MR) is 120 cm³/mol. The van der Waals surface area contributed by atoms with Gasteiger partial charge in [-0.05, 0) is 54.7 Å². The Morgan fingerprint density at radius 2 is 1.53 bits per heavy atom. The van der Waals surface area contributed by atoms with Gasteiger partial charge in [0, 0.05) is 12.1 Å². The molecular formula is C27H26N2O3. The Hall–Kier alpha value is -3.21. The number of rotatable bonds is 5. The van der Waals surface area contributed by atoms with Crippen molar-refractivity contribution in [2.45, 2.75) is 25.8 Å². The second kappa shape index (κ2) is 7.16. The van der Waals surface area contributed by atoms with Crippen LogP contribution < -0.4 is 5.32 Å². The first-order chi connectivity index (χ1) is 15.5. The normalized spacial score (nSPS) is 32.5. The maximum absolute atomic E-state index is 13.6. The average Bonchev–Trinajstić information content (AvgIpc) is 3.58. The molecule has 1 heterocycles. The van der Waals surface area contributed by atoms with Crippen LogP contribution in [0.5, 0.6) is 0 Å². The van der Waals surface area contributed by atoms with Crippen LogP contribution in [-0.2, 0) is 20.8 Å². The van der Waals surface area contributed by atoms with Gasteiger partial charge in [0.25, 0.3) is 0 Å². The Morgan fingerprint density at radius 1 is 0.938 bits per heavy atom. The van der Waals surface area contributed by atoms with E-state index in [4.69, 9.17) is 0 Å². The third kappa shape index (κ3) is 2.94.